The lowest BCUT2D eigenvalue weighted by Gasteiger charge is -2.09. The maximum absolute atomic E-state index is 5.43. The number of anilines is 1. The van der Waals surface area contributed by atoms with Gasteiger partial charge in [-0.3, -0.25) is 0 Å². The minimum atomic E-state index is 0.662. The molecular formula is C15H14N2OS2. The molecule has 0 aliphatic carbocycles. The van der Waals surface area contributed by atoms with Crippen molar-refractivity contribution in [2.45, 2.75) is 6.67 Å². The van der Waals surface area contributed by atoms with Crippen LogP contribution in [-0.4, -0.2) is 11.7 Å². The fourth-order valence-electron chi connectivity index (χ4n) is 2.04. The van der Waals surface area contributed by atoms with Gasteiger partial charge in [0.05, 0.1) is 24.0 Å². The van der Waals surface area contributed by atoms with E-state index < -0.39 is 0 Å². The van der Waals surface area contributed by atoms with E-state index in [0.717, 1.165) is 15.4 Å². The summed E-state index contributed by atoms with van der Waals surface area (Å²) in [6, 6.07) is 16.1. The number of ether oxygens (including phenoxy) is 1. The van der Waals surface area contributed by atoms with Crippen molar-refractivity contribution in [2.75, 3.05) is 12.4 Å². The minimum Gasteiger partial charge on any atom is -0.497 e. The summed E-state index contributed by atoms with van der Waals surface area (Å²) < 4.78 is 9.36. The first kappa shape index (κ1) is 13.1. The van der Waals surface area contributed by atoms with Gasteiger partial charge >= 0.3 is 0 Å². The van der Waals surface area contributed by atoms with Crippen LogP contribution in [0.25, 0.3) is 10.2 Å². The van der Waals surface area contributed by atoms with Crippen LogP contribution in [0.3, 0.4) is 0 Å². The van der Waals surface area contributed by atoms with Crippen molar-refractivity contribution >= 4 is 39.5 Å². The lowest BCUT2D eigenvalue weighted by molar-refractivity contribution is 0.415. The van der Waals surface area contributed by atoms with Crippen molar-refractivity contribution in [3.63, 3.8) is 0 Å². The number of para-hydroxylation sites is 1. The van der Waals surface area contributed by atoms with Crippen LogP contribution in [0.2, 0.25) is 0 Å². The van der Waals surface area contributed by atoms with Crippen molar-refractivity contribution in [2.24, 2.45) is 0 Å². The van der Waals surface area contributed by atoms with E-state index in [1.807, 2.05) is 36.4 Å². The van der Waals surface area contributed by atoms with Crippen molar-refractivity contribution in [1.29, 1.82) is 0 Å². The van der Waals surface area contributed by atoms with Crippen LogP contribution in [-0.2, 0) is 6.67 Å². The standard InChI is InChI=1S/C15H14N2OS2/c1-18-12-8-6-11(7-9-12)16-10-17-13-4-2-3-5-14(13)20-15(17)19/h2-9,16H,10H2,1H3. The summed E-state index contributed by atoms with van der Waals surface area (Å²) in [5.41, 5.74) is 2.21. The predicted octanol–water partition coefficient (Wildman–Crippen LogP) is 4.51. The zero-order chi connectivity index (χ0) is 13.9. The molecule has 0 atom stereocenters. The van der Waals surface area contributed by atoms with Crippen LogP contribution >= 0.6 is 23.6 Å². The molecule has 1 aromatic heterocycles. The molecule has 2 aromatic carbocycles. The first-order chi connectivity index (χ1) is 9.78. The average Bonchev–Trinajstić information content (AvgIpc) is 2.81. The number of aromatic nitrogens is 1. The highest BCUT2D eigenvalue weighted by Crippen LogP contribution is 2.23. The Kier molecular flexibility index (Phi) is 3.71. The maximum atomic E-state index is 5.43. The highest BCUT2D eigenvalue weighted by atomic mass is 32.1. The third-order valence-corrected chi connectivity index (χ3v) is 4.54. The molecule has 3 aromatic rings. The van der Waals surface area contributed by atoms with Gasteiger partial charge in [0.15, 0.2) is 3.95 Å². The molecule has 0 fully saturated rings. The van der Waals surface area contributed by atoms with Gasteiger partial charge in [0.1, 0.15) is 5.75 Å². The topological polar surface area (TPSA) is 26.2 Å². The van der Waals surface area contributed by atoms with Crippen molar-refractivity contribution in [3.05, 3.63) is 52.5 Å². The fourth-order valence-corrected chi connectivity index (χ4v) is 3.37. The molecule has 0 aliphatic heterocycles. The van der Waals surface area contributed by atoms with Gasteiger partial charge in [0, 0.05) is 5.69 Å². The van der Waals surface area contributed by atoms with Gasteiger partial charge in [-0.25, -0.2) is 0 Å². The summed E-state index contributed by atoms with van der Waals surface area (Å²) in [5.74, 6) is 0.855. The van der Waals surface area contributed by atoms with Gasteiger partial charge in [-0.05, 0) is 48.6 Å². The molecule has 0 radical (unpaired) electrons. The van der Waals surface area contributed by atoms with Gasteiger partial charge in [0.2, 0.25) is 0 Å². The normalized spacial score (nSPS) is 10.7. The number of thiazole rings is 1. The number of methoxy groups -OCH3 is 1. The molecule has 0 spiro atoms. The Morgan fingerprint density at radius 3 is 2.65 bits per heavy atom. The molecular weight excluding hydrogens is 288 g/mol. The lowest BCUT2D eigenvalue weighted by atomic mass is 10.3. The number of hydrogen-bond acceptors (Lipinski definition) is 4. The number of rotatable bonds is 4. The van der Waals surface area contributed by atoms with Gasteiger partial charge in [0.25, 0.3) is 0 Å². The molecule has 0 bridgehead atoms. The Bertz CT molecular complexity index is 774. The minimum absolute atomic E-state index is 0.662. The van der Waals surface area contributed by atoms with Crippen LogP contribution in [0.5, 0.6) is 5.75 Å². The van der Waals surface area contributed by atoms with Crippen molar-refractivity contribution in [3.8, 4) is 5.75 Å². The van der Waals surface area contributed by atoms with Crippen molar-refractivity contribution < 1.29 is 4.74 Å². The third kappa shape index (κ3) is 2.55. The lowest BCUT2D eigenvalue weighted by Crippen LogP contribution is -2.07. The number of benzene rings is 2. The highest BCUT2D eigenvalue weighted by molar-refractivity contribution is 7.73. The third-order valence-electron chi connectivity index (χ3n) is 3.11. The van der Waals surface area contributed by atoms with E-state index in [1.54, 1.807) is 18.4 Å². The Morgan fingerprint density at radius 1 is 1.15 bits per heavy atom. The fraction of sp³-hybridized carbons (Fsp3) is 0.133. The van der Waals surface area contributed by atoms with Crippen LogP contribution in [0.15, 0.2) is 48.5 Å². The Morgan fingerprint density at radius 2 is 1.90 bits per heavy atom. The van der Waals surface area contributed by atoms with E-state index in [-0.39, 0.29) is 0 Å². The van der Waals surface area contributed by atoms with Gasteiger partial charge < -0.3 is 14.6 Å². The van der Waals surface area contributed by atoms with Crippen LogP contribution in [0.4, 0.5) is 5.69 Å². The largest absolute Gasteiger partial charge is 0.497 e. The molecule has 102 valence electrons. The molecule has 0 saturated carbocycles. The molecule has 3 rings (SSSR count). The van der Waals surface area contributed by atoms with E-state index in [0.29, 0.717) is 6.67 Å². The van der Waals surface area contributed by atoms with Gasteiger partial charge in [-0.15, -0.1) is 11.3 Å². The zero-order valence-corrected chi connectivity index (χ0v) is 12.6. The Hall–Kier alpha value is -1.85. The zero-order valence-electron chi connectivity index (χ0n) is 11.0. The van der Waals surface area contributed by atoms with Gasteiger partial charge in [-0.2, -0.15) is 0 Å². The molecule has 20 heavy (non-hydrogen) atoms. The van der Waals surface area contributed by atoms with Crippen molar-refractivity contribution in [1.82, 2.24) is 4.57 Å². The van der Waals surface area contributed by atoms with Crippen LogP contribution < -0.4 is 10.1 Å². The SMILES string of the molecule is COc1ccc(NCn2c(=S)sc3ccccc32)cc1. The second kappa shape index (κ2) is 5.64. The molecule has 0 saturated heterocycles. The quantitative estimate of drug-likeness (QED) is 0.718. The average molecular weight is 302 g/mol. The molecule has 3 nitrogen and oxygen atoms in total. The number of nitrogens with one attached hydrogen (secondary N) is 1. The summed E-state index contributed by atoms with van der Waals surface area (Å²) in [7, 11) is 1.67. The van der Waals surface area contributed by atoms with Gasteiger partial charge in [-0.1, -0.05) is 12.1 Å². The molecule has 1 N–H and O–H groups in total. The van der Waals surface area contributed by atoms with E-state index >= 15 is 0 Å². The molecule has 0 unspecified atom stereocenters. The summed E-state index contributed by atoms with van der Waals surface area (Å²) in [5, 5.41) is 3.38. The number of fused-ring (bicyclic) bond motifs is 1. The van der Waals surface area contributed by atoms with E-state index in [1.165, 1.54) is 10.2 Å². The molecule has 1 heterocycles. The molecule has 0 aliphatic rings. The van der Waals surface area contributed by atoms with E-state index in [4.69, 9.17) is 17.0 Å². The highest BCUT2D eigenvalue weighted by Gasteiger charge is 2.03. The summed E-state index contributed by atoms with van der Waals surface area (Å²) >= 11 is 7.07. The molecule has 5 heteroatoms. The number of nitrogens with zero attached hydrogens (tertiary/aromatic N) is 1. The first-order valence-electron chi connectivity index (χ1n) is 6.24. The predicted molar refractivity (Wildman–Crippen MR) is 87.3 cm³/mol. The molecule has 0 amide bonds. The van der Waals surface area contributed by atoms with E-state index in [9.17, 15) is 0 Å². The maximum Gasteiger partial charge on any atom is 0.163 e. The monoisotopic (exact) mass is 302 g/mol. The van der Waals surface area contributed by atoms with E-state index in [2.05, 4.69) is 22.0 Å². The smallest absolute Gasteiger partial charge is 0.163 e. The summed E-state index contributed by atoms with van der Waals surface area (Å²) in [6.07, 6.45) is 0. The Labute approximate surface area is 126 Å². The van der Waals surface area contributed by atoms with Crippen LogP contribution in [0.1, 0.15) is 0 Å². The second-order valence-electron chi connectivity index (χ2n) is 4.33. The van der Waals surface area contributed by atoms with Crippen LogP contribution in [0, 0.1) is 3.95 Å². The first-order valence-corrected chi connectivity index (χ1v) is 7.47. The summed E-state index contributed by atoms with van der Waals surface area (Å²) in [6.45, 7) is 0.662. The Balaban J connectivity index is 1.82. The number of hydrogen-bond donors (Lipinski definition) is 1. The summed E-state index contributed by atoms with van der Waals surface area (Å²) in [4.78, 5) is 0. The second-order valence-corrected chi connectivity index (χ2v) is 6.00.